The van der Waals surface area contributed by atoms with Crippen LogP contribution in [-0.4, -0.2) is 29.8 Å². The van der Waals surface area contributed by atoms with Crippen LogP contribution < -0.4 is 20.5 Å². The first-order chi connectivity index (χ1) is 14.1. The molecule has 0 spiro atoms. The van der Waals surface area contributed by atoms with Crippen LogP contribution >= 0.6 is 0 Å². The van der Waals surface area contributed by atoms with Gasteiger partial charge in [-0.2, -0.15) is 4.98 Å². The second-order valence-electron chi connectivity index (χ2n) is 7.03. The number of nitrogens with two attached hydrogens (primary N) is 1. The minimum atomic E-state index is -0.457. The van der Waals surface area contributed by atoms with Gasteiger partial charge in [0.1, 0.15) is 11.5 Å². The van der Waals surface area contributed by atoms with E-state index in [1.54, 1.807) is 55.6 Å². The van der Waals surface area contributed by atoms with Crippen LogP contribution in [0.1, 0.15) is 25.1 Å². The second kappa shape index (κ2) is 7.92. The number of methoxy groups -OCH3 is 1. The molecule has 3 N–H and O–H groups in total. The molecule has 1 aromatic heterocycles. The molecule has 3 aromatic rings. The fourth-order valence-electron chi connectivity index (χ4n) is 3.06. The van der Waals surface area contributed by atoms with E-state index in [1.165, 1.54) is 0 Å². The van der Waals surface area contributed by atoms with Gasteiger partial charge in [-0.3, -0.25) is 4.79 Å². The summed E-state index contributed by atoms with van der Waals surface area (Å²) in [6, 6.07) is 14.2. The lowest BCUT2D eigenvalue weighted by Gasteiger charge is -2.34. The van der Waals surface area contributed by atoms with Crippen molar-refractivity contribution >= 4 is 11.6 Å². The van der Waals surface area contributed by atoms with E-state index in [0.717, 1.165) is 24.8 Å². The summed E-state index contributed by atoms with van der Waals surface area (Å²) in [5.41, 5.74) is 7.18. The summed E-state index contributed by atoms with van der Waals surface area (Å²) in [5, 5.41) is 6.78. The first-order valence-corrected chi connectivity index (χ1v) is 9.36. The lowest BCUT2D eigenvalue weighted by Crippen LogP contribution is -2.44. The Kier molecular flexibility index (Phi) is 5.18. The number of carbonyl (C=O) groups excluding carboxylic acids is 1. The molecule has 1 aliphatic rings. The van der Waals surface area contributed by atoms with Crippen LogP contribution in [0.2, 0.25) is 0 Å². The first kappa shape index (κ1) is 18.9. The van der Waals surface area contributed by atoms with E-state index >= 15 is 0 Å². The van der Waals surface area contributed by atoms with Gasteiger partial charge in [0.25, 0.3) is 11.8 Å². The zero-order valence-electron chi connectivity index (χ0n) is 16.1. The molecule has 0 unspecified atom stereocenters. The van der Waals surface area contributed by atoms with Gasteiger partial charge in [0, 0.05) is 17.3 Å². The predicted molar refractivity (Wildman–Crippen MR) is 107 cm³/mol. The summed E-state index contributed by atoms with van der Waals surface area (Å²) in [5.74, 6) is 1.93. The van der Waals surface area contributed by atoms with Crippen LogP contribution in [0.25, 0.3) is 11.5 Å². The molecule has 29 heavy (non-hydrogen) atoms. The van der Waals surface area contributed by atoms with Gasteiger partial charge in [0.2, 0.25) is 0 Å². The van der Waals surface area contributed by atoms with E-state index < -0.39 is 5.54 Å². The number of nitrogens with one attached hydrogen (secondary N) is 1. The van der Waals surface area contributed by atoms with Gasteiger partial charge in [-0.05, 0) is 55.7 Å². The number of ether oxygens (including phenoxy) is 2. The Morgan fingerprint density at radius 3 is 2.69 bits per heavy atom. The molecule has 0 aliphatic heterocycles. The molecule has 2 aromatic carbocycles. The predicted octanol–water partition coefficient (Wildman–Crippen LogP) is 3.10. The maximum Gasteiger partial charge on any atom is 0.262 e. The maximum absolute atomic E-state index is 12.1. The van der Waals surface area contributed by atoms with E-state index in [2.05, 4.69) is 15.5 Å². The third-order valence-electron chi connectivity index (χ3n) is 4.94. The molecule has 0 radical (unpaired) electrons. The lowest BCUT2D eigenvalue weighted by molar-refractivity contribution is -0.118. The molecule has 1 fully saturated rings. The summed E-state index contributed by atoms with van der Waals surface area (Å²) >= 11 is 0. The van der Waals surface area contributed by atoms with Crippen molar-refractivity contribution in [2.45, 2.75) is 24.8 Å². The molecule has 4 rings (SSSR count). The summed E-state index contributed by atoms with van der Waals surface area (Å²) in [6.45, 7) is -0.114. The lowest BCUT2D eigenvalue weighted by atomic mass is 9.77. The van der Waals surface area contributed by atoms with Crippen molar-refractivity contribution in [3.63, 3.8) is 0 Å². The minimum Gasteiger partial charge on any atom is -0.497 e. The Labute approximate surface area is 168 Å². The van der Waals surface area contributed by atoms with Crippen LogP contribution in [0.3, 0.4) is 0 Å². The molecular weight excluding hydrogens is 372 g/mol. The zero-order chi connectivity index (χ0) is 20.3. The summed E-state index contributed by atoms with van der Waals surface area (Å²) < 4.78 is 16.0. The van der Waals surface area contributed by atoms with E-state index in [4.69, 9.17) is 19.7 Å². The Bertz CT molecular complexity index is 996. The van der Waals surface area contributed by atoms with Crippen LogP contribution in [0, 0.1) is 0 Å². The van der Waals surface area contributed by atoms with Crippen molar-refractivity contribution in [3.8, 4) is 23.0 Å². The Hall–Kier alpha value is -3.39. The van der Waals surface area contributed by atoms with Crippen molar-refractivity contribution in [2.75, 3.05) is 19.0 Å². The monoisotopic (exact) mass is 394 g/mol. The fraction of sp³-hybridized carbons (Fsp3) is 0.286. The SMILES string of the molecule is COc1cccc(NC(=O)COc2ccc(-c3nc(C4(N)CCC4)no3)cc2)c1. The third-order valence-corrected chi connectivity index (χ3v) is 4.94. The van der Waals surface area contributed by atoms with Crippen molar-refractivity contribution in [2.24, 2.45) is 5.73 Å². The van der Waals surface area contributed by atoms with Gasteiger partial charge in [-0.15, -0.1) is 0 Å². The van der Waals surface area contributed by atoms with Crippen molar-refractivity contribution < 1.29 is 18.8 Å². The number of hydrogen-bond acceptors (Lipinski definition) is 7. The van der Waals surface area contributed by atoms with Gasteiger partial charge < -0.3 is 25.0 Å². The molecule has 1 saturated carbocycles. The fourth-order valence-corrected chi connectivity index (χ4v) is 3.06. The van der Waals surface area contributed by atoms with E-state index in [1.807, 2.05) is 0 Å². The molecule has 8 heteroatoms. The molecular formula is C21H22N4O4. The standard InChI is InChI=1S/C21H22N4O4/c1-27-17-5-2-4-15(12-17)23-18(26)13-28-16-8-6-14(7-9-16)19-24-20(25-29-19)21(22)10-3-11-21/h2,4-9,12H,3,10-11,13,22H2,1H3,(H,23,26). The number of rotatable bonds is 7. The molecule has 1 amide bonds. The van der Waals surface area contributed by atoms with E-state index in [-0.39, 0.29) is 12.5 Å². The molecule has 1 aliphatic carbocycles. The topological polar surface area (TPSA) is 112 Å². The molecule has 8 nitrogen and oxygen atoms in total. The van der Waals surface area contributed by atoms with Gasteiger partial charge >= 0.3 is 0 Å². The number of anilines is 1. The molecule has 150 valence electrons. The number of nitrogens with zero attached hydrogens (tertiary/aromatic N) is 2. The molecule has 0 atom stereocenters. The third kappa shape index (κ3) is 4.22. The highest BCUT2D eigenvalue weighted by molar-refractivity contribution is 5.92. The normalized spacial score (nSPS) is 14.7. The summed E-state index contributed by atoms with van der Waals surface area (Å²) in [6.07, 6.45) is 2.82. The zero-order valence-corrected chi connectivity index (χ0v) is 16.1. The van der Waals surface area contributed by atoms with Crippen LogP contribution in [0.15, 0.2) is 53.1 Å². The Balaban J connectivity index is 1.33. The second-order valence-corrected chi connectivity index (χ2v) is 7.03. The number of aromatic nitrogens is 2. The highest BCUT2D eigenvalue weighted by Crippen LogP contribution is 2.37. The first-order valence-electron chi connectivity index (χ1n) is 9.36. The molecule has 1 heterocycles. The number of benzene rings is 2. The van der Waals surface area contributed by atoms with E-state index in [9.17, 15) is 4.79 Å². The van der Waals surface area contributed by atoms with Gasteiger partial charge in [-0.1, -0.05) is 11.2 Å². The quantitative estimate of drug-likeness (QED) is 0.633. The maximum atomic E-state index is 12.1. The number of hydrogen-bond donors (Lipinski definition) is 2. The van der Waals surface area contributed by atoms with Crippen molar-refractivity contribution in [1.29, 1.82) is 0 Å². The summed E-state index contributed by atoms with van der Waals surface area (Å²) in [7, 11) is 1.57. The van der Waals surface area contributed by atoms with Crippen molar-refractivity contribution in [1.82, 2.24) is 10.1 Å². The van der Waals surface area contributed by atoms with Crippen LogP contribution in [-0.2, 0) is 10.3 Å². The largest absolute Gasteiger partial charge is 0.497 e. The van der Waals surface area contributed by atoms with Gasteiger partial charge in [-0.25, -0.2) is 0 Å². The van der Waals surface area contributed by atoms with Gasteiger partial charge in [0.05, 0.1) is 12.6 Å². The Morgan fingerprint density at radius 1 is 1.21 bits per heavy atom. The Morgan fingerprint density at radius 2 is 2.00 bits per heavy atom. The highest BCUT2D eigenvalue weighted by Gasteiger charge is 2.39. The van der Waals surface area contributed by atoms with Crippen LogP contribution in [0.4, 0.5) is 5.69 Å². The smallest absolute Gasteiger partial charge is 0.262 e. The van der Waals surface area contributed by atoms with E-state index in [0.29, 0.717) is 28.9 Å². The van der Waals surface area contributed by atoms with Crippen molar-refractivity contribution in [3.05, 3.63) is 54.4 Å². The molecule has 0 saturated heterocycles. The average molecular weight is 394 g/mol. The minimum absolute atomic E-state index is 0.114. The number of amides is 1. The molecule has 0 bridgehead atoms. The highest BCUT2D eigenvalue weighted by atomic mass is 16.5. The number of carbonyl (C=O) groups is 1. The summed E-state index contributed by atoms with van der Waals surface area (Å²) in [4.78, 5) is 16.5. The van der Waals surface area contributed by atoms with Gasteiger partial charge in [0.15, 0.2) is 12.4 Å². The average Bonchev–Trinajstić information content (AvgIpc) is 3.21. The van der Waals surface area contributed by atoms with Crippen LogP contribution in [0.5, 0.6) is 11.5 Å².